The van der Waals surface area contributed by atoms with E-state index in [0.29, 0.717) is 15.6 Å². The highest BCUT2D eigenvalue weighted by molar-refractivity contribution is 9.10. The number of benzene rings is 1. The Bertz CT molecular complexity index is 458. The maximum atomic E-state index is 10.8. The summed E-state index contributed by atoms with van der Waals surface area (Å²) < 4.78 is 0.444. The predicted molar refractivity (Wildman–Crippen MR) is 61.6 cm³/mol. The Morgan fingerprint density at radius 1 is 1.56 bits per heavy atom. The third kappa shape index (κ3) is 2.38. The fraction of sp³-hybridized carbons (Fsp3) is 0.300. The van der Waals surface area contributed by atoms with Crippen molar-refractivity contribution in [3.05, 3.63) is 37.8 Å². The van der Waals surface area contributed by atoms with Crippen LogP contribution in [-0.2, 0) is 4.79 Å². The second-order valence-corrected chi connectivity index (χ2v) is 4.33. The molecule has 5 nitrogen and oxygen atoms in total. The minimum Gasteiger partial charge on any atom is -0.481 e. The second-order valence-electron chi connectivity index (χ2n) is 3.48. The lowest BCUT2D eigenvalue weighted by Crippen LogP contribution is -2.08. The Balaban J connectivity index is 3.31. The van der Waals surface area contributed by atoms with Gasteiger partial charge in [-0.1, -0.05) is 15.9 Å². The van der Waals surface area contributed by atoms with Crippen molar-refractivity contribution in [1.29, 1.82) is 0 Å². The molecule has 0 aliphatic carbocycles. The van der Waals surface area contributed by atoms with Gasteiger partial charge in [0.15, 0.2) is 0 Å². The maximum absolute atomic E-state index is 10.8. The van der Waals surface area contributed by atoms with Crippen LogP contribution in [0.4, 0.5) is 5.69 Å². The van der Waals surface area contributed by atoms with Crippen molar-refractivity contribution in [2.75, 3.05) is 0 Å². The van der Waals surface area contributed by atoms with Crippen molar-refractivity contribution in [1.82, 2.24) is 0 Å². The normalized spacial score (nSPS) is 12.2. The molecule has 0 saturated heterocycles. The van der Waals surface area contributed by atoms with Crippen LogP contribution in [0.1, 0.15) is 24.0 Å². The number of hydrogen-bond acceptors (Lipinski definition) is 3. The zero-order chi connectivity index (χ0) is 12.5. The molecule has 86 valence electrons. The number of aliphatic carboxylic acids is 1. The zero-order valence-electron chi connectivity index (χ0n) is 8.73. The molecule has 1 rings (SSSR count). The lowest BCUT2D eigenvalue weighted by molar-refractivity contribution is -0.385. The zero-order valence-corrected chi connectivity index (χ0v) is 10.3. The molecule has 1 N–H and O–H groups in total. The Kier molecular flexibility index (Phi) is 3.64. The van der Waals surface area contributed by atoms with E-state index >= 15 is 0 Å². The van der Waals surface area contributed by atoms with Crippen molar-refractivity contribution in [2.24, 2.45) is 0 Å². The number of rotatable bonds is 3. The van der Waals surface area contributed by atoms with Gasteiger partial charge in [0.25, 0.3) is 5.69 Å². The van der Waals surface area contributed by atoms with Crippen LogP contribution >= 0.6 is 15.9 Å². The van der Waals surface area contributed by atoms with Gasteiger partial charge in [-0.25, -0.2) is 0 Å². The average molecular weight is 288 g/mol. The standard InChI is InChI=1S/C10H10BrNO4/c1-5-3-7(6(2)10(13)14)8(11)4-9(5)12(15)16/h3-4,6H,1-2H3,(H,13,14). The number of hydrogen-bond donors (Lipinski definition) is 1. The number of carboxylic acids is 1. The molecule has 0 radical (unpaired) electrons. The molecular formula is C10H10BrNO4. The fourth-order valence-corrected chi connectivity index (χ4v) is 2.03. The van der Waals surface area contributed by atoms with Crippen LogP contribution in [0.15, 0.2) is 16.6 Å². The van der Waals surface area contributed by atoms with Crippen LogP contribution in [0.5, 0.6) is 0 Å². The molecule has 1 atom stereocenters. The van der Waals surface area contributed by atoms with Crippen LogP contribution in [0, 0.1) is 17.0 Å². The minimum atomic E-state index is -0.964. The third-order valence-electron chi connectivity index (χ3n) is 2.35. The molecule has 0 spiro atoms. The summed E-state index contributed by atoms with van der Waals surface area (Å²) in [4.78, 5) is 21.0. The van der Waals surface area contributed by atoms with Gasteiger partial charge in [0, 0.05) is 16.1 Å². The number of aryl methyl sites for hydroxylation is 1. The first kappa shape index (κ1) is 12.6. The summed E-state index contributed by atoms with van der Waals surface area (Å²) in [5.41, 5.74) is 0.972. The molecule has 16 heavy (non-hydrogen) atoms. The van der Waals surface area contributed by atoms with Gasteiger partial charge < -0.3 is 5.11 Å². The molecule has 0 heterocycles. The molecule has 0 aliphatic rings. The highest BCUT2D eigenvalue weighted by Crippen LogP contribution is 2.31. The molecule has 1 unspecified atom stereocenters. The summed E-state index contributed by atoms with van der Waals surface area (Å²) >= 11 is 3.15. The number of halogens is 1. The summed E-state index contributed by atoms with van der Waals surface area (Å²) in [5, 5.41) is 19.5. The predicted octanol–water partition coefficient (Wildman–Crippen LogP) is 2.85. The largest absolute Gasteiger partial charge is 0.481 e. The van der Waals surface area contributed by atoms with Gasteiger partial charge in [-0.15, -0.1) is 0 Å². The second kappa shape index (κ2) is 4.61. The van der Waals surface area contributed by atoms with Crippen LogP contribution in [-0.4, -0.2) is 16.0 Å². The molecular weight excluding hydrogens is 278 g/mol. The molecule has 0 fully saturated rings. The lowest BCUT2D eigenvalue weighted by atomic mass is 9.99. The van der Waals surface area contributed by atoms with Crippen molar-refractivity contribution in [2.45, 2.75) is 19.8 Å². The number of carboxylic acid groups (broad SMARTS) is 1. The average Bonchev–Trinajstić information content (AvgIpc) is 2.19. The third-order valence-corrected chi connectivity index (χ3v) is 3.04. The smallest absolute Gasteiger partial charge is 0.310 e. The van der Waals surface area contributed by atoms with Crippen molar-refractivity contribution in [3.63, 3.8) is 0 Å². The Hall–Kier alpha value is -1.43. The van der Waals surface area contributed by atoms with E-state index in [9.17, 15) is 14.9 Å². The Morgan fingerprint density at radius 2 is 2.12 bits per heavy atom. The first-order valence-corrected chi connectivity index (χ1v) is 5.31. The number of nitro groups is 1. The Morgan fingerprint density at radius 3 is 2.56 bits per heavy atom. The van der Waals surface area contributed by atoms with E-state index in [-0.39, 0.29) is 5.69 Å². The summed E-state index contributed by atoms with van der Waals surface area (Å²) in [6.45, 7) is 3.12. The topological polar surface area (TPSA) is 80.4 Å². The maximum Gasteiger partial charge on any atom is 0.310 e. The van der Waals surface area contributed by atoms with Gasteiger partial charge in [0.05, 0.1) is 10.8 Å². The van der Waals surface area contributed by atoms with E-state index in [0.717, 1.165) is 0 Å². The summed E-state index contributed by atoms with van der Waals surface area (Å²) in [7, 11) is 0. The fourth-order valence-electron chi connectivity index (χ4n) is 1.35. The van der Waals surface area contributed by atoms with E-state index in [2.05, 4.69) is 15.9 Å². The molecule has 1 aromatic rings. The van der Waals surface area contributed by atoms with Crippen LogP contribution in [0.25, 0.3) is 0 Å². The van der Waals surface area contributed by atoms with Gasteiger partial charge in [0.1, 0.15) is 0 Å². The van der Waals surface area contributed by atoms with Crippen molar-refractivity contribution >= 4 is 27.6 Å². The monoisotopic (exact) mass is 287 g/mol. The van der Waals surface area contributed by atoms with Crippen molar-refractivity contribution < 1.29 is 14.8 Å². The number of nitro benzene ring substituents is 1. The van der Waals surface area contributed by atoms with E-state index in [1.807, 2.05) is 0 Å². The molecule has 0 amide bonds. The number of nitrogens with zero attached hydrogens (tertiary/aromatic N) is 1. The SMILES string of the molecule is Cc1cc(C(C)C(=O)O)c(Br)cc1[N+](=O)[O-]. The molecule has 1 aromatic carbocycles. The molecule has 0 aromatic heterocycles. The van der Waals surface area contributed by atoms with Gasteiger partial charge in [-0.05, 0) is 25.5 Å². The quantitative estimate of drug-likeness (QED) is 0.685. The van der Waals surface area contributed by atoms with E-state index < -0.39 is 16.8 Å². The van der Waals surface area contributed by atoms with Crippen LogP contribution in [0.2, 0.25) is 0 Å². The summed E-state index contributed by atoms with van der Waals surface area (Å²) in [6.07, 6.45) is 0. The van der Waals surface area contributed by atoms with Gasteiger partial charge in [-0.3, -0.25) is 14.9 Å². The van der Waals surface area contributed by atoms with Gasteiger partial charge in [-0.2, -0.15) is 0 Å². The molecule has 0 bridgehead atoms. The highest BCUT2D eigenvalue weighted by atomic mass is 79.9. The first-order chi connectivity index (χ1) is 7.34. The molecule has 0 saturated carbocycles. The number of carbonyl (C=O) groups is 1. The Labute approximate surface area is 100 Å². The van der Waals surface area contributed by atoms with Gasteiger partial charge in [0.2, 0.25) is 0 Å². The van der Waals surface area contributed by atoms with Crippen LogP contribution < -0.4 is 0 Å². The minimum absolute atomic E-state index is 0.0202. The van der Waals surface area contributed by atoms with E-state index in [4.69, 9.17) is 5.11 Å². The lowest BCUT2D eigenvalue weighted by Gasteiger charge is -2.10. The van der Waals surface area contributed by atoms with E-state index in [1.165, 1.54) is 19.1 Å². The molecule has 6 heteroatoms. The summed E-state index contributed by atoms with van der Waals surface area (Å²) in [5.74, 6) is -1.66. The molecule has 0 aliphatic heterocycles. The highest BCUT2D eigenvalue weighted by Gasteiger charge is 2.21. The van der Waals surface area contributed by atoms with Crippen LogP contribution in [0.3, 0.4) is 0 Å². The van der Waals surface area contributed by atoms with E-state index in [1.54, 1.807) is 6.92 Å². The first-order valence-electron chi connectivity index (χ1n) is 4.51. The van der Waals surface area contributed by atoms with Crippen molar-refractivity contribution in [3.8, 4) is 0 Å². The van der Waals surface area contributed by atoms with Gasteiger partial charge >= 0.3 is 5.97 Å². The summed E-state index contributed by atoms with van der Waals surface area (Å²) in [6, 6.07) is 2.87.